The number of carboxylic acid groups (broad SMARTS) is 1. The Morgan fingerprint density at radius 2 is 1.89 bits per heavy atom. The molecule has 1 aromatic carbocycles. The van der Waals surface area contributed by atoms with Crippen LogP contribution in [0.5, 0.6) is 0 Å². The molecule has 0 unspecified atom stereocenters. The third-order valence-electron chi connectivity index (χ3n) is 4.29. The SMILES string of the molecule is CCCN1CC(=O)N(Cc2cc(C(F)(F)F)ccc2C)[C@H](C)C1=O.O=CO. The summed E-state index contributed by atoms with van der Waals surface area (Å²) < 4.78 is 38.7. The maximum absolute atomic E-state index is 12.9. The van der Waals surface area contributed by atoms with Crippen molar-refractivity contribution < 1.29 is 32.7 Å². The molecular weight excluding hydrogens is 365 g/mol. The van der Waals surface area contributed by atoms with E-state index in [0.717, 1.165) is 18.6 Å². The summed E-state index contributed by atoms with van der Waals surface area (Å²) in [7, 11) is 0. The van der Waals surface area contributed by atoms with E-state index in [1.165, 1.54) is 15.9 Å². The Labute approximate surface area is 155 Å². The van der Waals surface area contributed by atoms with Crippen molar-refractivity contribution in [3.05, 3.63) is 34.9 Å². The number of carbonyl (C=O) groups excluding carboxylic acids is 2. The van der Waals surface area contributed by atoms with Gasteiger partial charge in [0.1, 0.15) is 6.04 Å². The van der Waals surface area contributed by atoms with E-state index in [2.05, 4.69) is 0 Å². The minimum atomic E-state index is -4.44. The summed E-state index contributed by atoms with van der Waals surface area (Å²) in [4.78, 5) is 35.9. The van der Waals surface area contributed by atoms with Crippen LogP contribution in [0.3, 0.4) is 0 Å². The quantitative estimate of drug-likeness (QED) is 0.805. The highest BCUT2D eigenvalue weighted by Gasteiger charge is 2.36. The number of amides is 2. The molecule has 150 valence electrons. The van der Waals surface area contributed by atoms with Crippen molar-refractivity contribution in [2.24, 2.45) is 0 Å². The first-order valence-corrected chi connectivity index (χ1v) is 8.39. The highest BCUT2D eigenvalue weighted by atomic mass is 19.4. The molecule has 0 spiro atoms. The van der Waals surface area contributed by atoms with Crippen molar-refractivity contribution >= 4 is 18.3 Å². The molecule has 0 aromatic heterocycles. The second kappa shape index (κ2) is 9.38. The lowest BCUT2D eigenvalue weighted by Crippen LogP contribution is -2.58. The molecule has 6 nitrogen and oxygen atoms in total. The van der Waals surface area contributed by atoms with Crippen LogP contribution in [0.2, 0.25) is 0 Å². The van der Waals surface area contributed by atoms with Gasteiger partial charge >= 0.3 is 6.18 Å². The van der Waals surface area contributed by atoms with Gasteiger partial charge in [-0.3, -0.25) is 14.4 Å². The van der Waals surface area contributed by atoms with Crippen molar-refractivity contribution in [1.82, 2.24) is 9.80 Å². The summed E-state index contributed by atoms with van der Waals surface area (Å²) in [5, 5.41) is 6.89. The van der Waals surface area contributed by atoms with Gasteiger partial charge in [0.05, 0.1) is 12.1 Å². The first-order valence-electron chi connectivity index (χ1n) is 8.39. The summed E-state index contributed by atoms with van der Waals surface area (Å²) in [5.74, 6) is -0.409. The Morgan fingerprint density at radius 3 is 2.41 bits per heavy atom. The molecule has 1 aliphatic heterocycles. The maximum atomic E-state index is 12.9. The minimum Gasteiger partial charge on any atom is -0.483 e. The number of piperazine rings is 1. The van der Waals surface area contributed by atoms with Gasteiger partial charge in [-0.25, -0.2) is 0 Å². The summed E-state index contributed by atoms with van der Waals surface area (Å²) in [5.41, 5.74) is 0.312. The molecule has 1 aromatic rings. The fourth-order valence-corrected chi connectivity index (χ4v) is 2.83. The van der Waals surface area contributed by atoms with Crippen LogP contribution in [0.25, 0.3) is 0 Å². The minimum absolute atomic E-state index is 0.00145. The Hall–Kier alpha value is -2.58. The molecule has 27 heavy (non-hydrogen) atoms. The molecule has 1 fully saturated rings. The van der Waals surface area contributed by atoms with Gasteiger partial charge in [-0.15, -0.1) is 0 Å². The Morgan fingerprint density at radius 1 is 1.30 bits per heavy atom. The van der Waals surface area contributed by atoms with Crippen molar-refractivity contribution in [3.63, 3.8) is 0 Å². The van der Waals surface area contributed by atoms with E-state index in [1.54, 1.807) is 13.8 Å². The molecule has 2 amide bonds. The number of rotatable bonds is 4. The second-order valence-corrected chi connectivity index (χ2v) is 6.20. The van der Waals surface area contributed by atoms with E-state index in [0.29, 0.717) is 17.7 Å². The third-order valence-corrected chi connectivity index (χ3v) is 4.29. The average molecular weight is 388 g/mol. The zero-order valence-corrected chi connectivity index (χ0v) is 15.4. The fourth-order valence-electron chi connectivity index (χ4n) is 2.83. The van der Waals surface area contributed by atoms with Crippen molar-refractivity contribution in [2.75, 3.05) is 13.1 Å². The number of halogens is 3. The normalized spacial score (nSPS) is 17.5. The zero-order valence-electron chi connectivity index (χ0n) is 15.4. The molecular formula is C18H23F3N2O4. The van der Waals surface area contributed by atoms with Crippen molar-refractivity contribution in [1.29, 1.82) is 0 Å². The first-order chi connectivity index (χ1) is 12.6. The number of benzene rings is 1. The van der Waals surface area contributed by atoms with Crippen LogP contribution in [-0.4, -0.2) is 52.3 Å². The van der Waals surface area contributed by atoms with Crippen LogP contribution in [0.1, 0.15) is 37.0 Å². The van der Waals surface area contributed by atoms with Gasteiger partial charge in [-0.1, -0.05) is 13.0 Å². The van der Waals surface area contributed by atoms with Gasteiger partial charge in [-0.2, -0.15) is 13.2 Å². The van der Waals surface area contributed by atoms with Crippen LogP contribution >= 0.6 is 0 Å². The number of aryl methyl sites for hydroxylation is 1. The Kier molecular flexibility index (Phi) is 7.81. The second-order valence-electron chi connectivity index (χ2n) is 6.20. The summed E-state index contributed by atoms with van der Waals surface area (Å²) in [6, 6.07) is 2.79. The lowest BCUT2D eigenvalue weighted by Gasteiger charge is -2.39. The fraction of sp³-hybridized carbons (Fsp3) is 0.500. The highest BCUT2D eigenvalue weighted by Crippen LogP contribution is 2.31. The molecule has 0 aliphatic carbocycles. The number of hydrogen-bond donors (Lipinski definition) is 1. The topological polar surface area (TPSA) is 77.9 Å². The van der Waals surface area contributed by atoms with Gasteiger partial charge in [0.2, 0.25) is 11.8 Å². The first kappa shape index (κ1) is 22.5. The predicted molar refractivity (Wildman–Crippen MR) is 91.8 cm³/mol. The molecule has 1 atom stereocenters. The van der Waals surface area contributed by atoms with Gasteiger partial charge in [0.15, 0.2) is 0 Å². The maximum Gasteiger partial charge on any atom is 0.416 e. The van der Waals surface area contributed by atoms with E-state index in [-0.39, 0.29) is 31.4 Å². The van der Waals surface area contributed by atoms with Gasteiger partial charge < -0.3 is 14.9 Å². The van der Waals surface area contributed by atoms with Crippen molar-refractivity contribution in [2.45, 2.75) is 46.0 Å². The average Bonchev–Trinajstić information content (AvgIpc) is 2.57. The molecule has 1 N–H and O–H groups in total. The highest BCUT2D eigenvalue weighted by molar-refractivity contribution is 5.94. The summed E-state index contributed by atoms with van der Waals surface area (Å²) in [6.07, 6.45) is -3.69. The number of carbonyl (C=O) groups is 3. The van der Waals surface area contributed by atoms with Crippen LogP contribution in [-0.2, 0) is 27.1 Å². The molecule has 0 bridgehead atoms. The summed E-state index contributed by atoms with van der Waals surface area (Å²) >= 11 is 0. The standard InChI is InChI=1S/C17H21F3N2O2.CH2O2/c1-4-7-21-10-15(23)22(12(3)16(21)24)9-13-8-14(17(18,19)20)6-5-11(13)2;2-1-3/h5-6,8,12H,4,7,9-10H2,1-3H3;1H,(H,2,3)/t12-;/m1./s1. The lowest BCUT2D eigenvalue weighted by atomic mass is 10.0. The van der Waals surface area contributed by atoms with Crippen LogP contribution in [0, 0.1) is 6.92 Å². The van der Waals surface area contributed by atoms with Gasteiger partial charge in [-0.05, 0) is 43.5 Å². The molecule has 1 aliphatic rings. The predicted octanol–water partition coefficient (Wildman–Crippen LogP) is 2.68. The Bertz CT molecular complexity index is 692. The number of alkyl halides is 3. The Balaban J connectivity index is 0.00000114. The largest absolute Gasteiger partial charge is 0.483 e. The van der Waals surface area contributed by atoms with Crippen LogP contribution in [0.15, 0.2) is 18.2 Å². The van der Waals surface area contributed by atoms with Gasteiger partial charge in [0, 0.05) is 13.1 Å². The van der Waals surface area contributed by atoms with E-state index in [9.17, 15) is 22.8 Å². The van der Waals surface area contributed by atoms with Gasteiger partial charge in [0.25, 0.3) is 6.47 Å². The van der Waals surface area contributed by atoms with Crippen LogP contribution in [0.4, 0.5) is 13.2 Å². The van der Waals surface area contributed by atoms with Crippen LogP contribution < -0.4 is 0 Å². The van der Waals surface area contributed by atoms with E-state index in [1.807, 2.05) is 6.92 Å². The zero-order chi connectivity index (χ0) is 20.8. The molecule has 0 saturated carbocycles. The van der Waals surface area contributed by atoms with E-state index < -0.39 is 17.8 Å². The van der Waals surface area contributed by atoms with E-state index in [4.69, 9.17) is 9.90 Å². The monoisotopic (exact) mass is 388 g/mol. The molecule has 9 heteroatoms. The third kappa shape index (κ3) is 5.70. The number of hydrogen-bond acceptors (Lipinski definition) is 3. The number of nitrogens with zero attached hydrogens (tertiary/aromatic N) is 2. The molecule has 2 rings (SSSR count). The summed E-state index contributed by atoms with van der Waals surface area (Å²) in [6.45, 7) is 5.47. The van der Waals surface area contributed by atoms with E-state index >= 15 is 0 Å². The molecule has 0 radical (unpaired) electrons. The van der Waals surface area contributed by atoms with Crippen molar-refractivity contribution in [3.8, 4) is 0 Å². The lowest BCUT2D eigenvalue weighted by molar-refractivity contribution is -0.155. The molecule has 1 heterocycles. The molecule has 1 saturated heterocycles. The smallest absolute Gasteiger partial charge is 0.416 e.